The Hall–Kier alpha value is -1.17. The van der Waals surface area contributed by atoms with E-state index in [1.54, 1.807) is 0 Å². The number of ether oxygens (including phenoxy) is 6. The molecule has 0 saturated heterocycles. The van der Waals surface area contributed by atoms with Gasteiger partial charge in [-0.25, -0.2) is 0 Å². The van der Waals surface area contributed by atoms with Gasteiger partial charge in [-0.15, -0.1) is 6.42 Å². The van der Waals surface area contributed by atoms with E-state index < -0.39 is 0 Å². The van der Waals surface area contributed by atoms with Gasteiger partial charge in [0.1, 0.15) is 13.2 Å². The Labute approximate surface area is 125 Å². The fourth-order valence-electron chi connectivity index (χ4n) is 1.17. The van der Waals surface area contributed by atoms with E-state index in [-0.39, 0.29) is 6.61 Å². The zero-order valence-corrected chi connectivity index (χ0v) is 12.3. The molecule has 0 aromatic carbocycles. The Balaban J connectivity index is 2.93. The van der Waals surface area contributed by atoms with Crippen molar-refractivity contribution in [1.82, 2.24) is 0 Å². The molecule has 0 bridgehead atoms. The summed E-state index contributed by atoms with van der Waals surface area (Å²) in [6.45, 7) is 5.31. The average molecular weight is 304 g/mol. The summed E-state index contributed by atoms with van der Waals surface area (Å²) < 4.78 is 30.5. The lowest BCUT2D eigenvalue weighted by Crippen LogP contribution is -2.14. The highest BCUT2D eigenvalue weighted by Crippen LogP contribution is 1.83. The van der Waals surface area contributed by atoms with Crippen molar-refractivity contribution in [1.29, 1.82) is 0 Å². The van der Waals surface area contributed by atoms with E-state index in [1.165, 1.54) is 0 Å². The van der Waals surface area contributed by atoms with E-state index in [0.717, 1.165) is 0 Å². The summed E-state index contributed by atoms with van der Waals surface area (Å²) in [5, 5.41) is 0. The van der Waals surface area contributed by atoms with E-state index in [9.17, 15) is 4.79 Å². The van der Waals surface area contributed by atoms with Crippen LogP contribution in [0.5, 0.6) is 0 Å². The van der Waals surface area contributed by atoms with Crippen LogP contribution in [-0.2, 0) is 33.2 Å². The van der Waals surface area contributed by atoms with Crippen LogP contribution in [0.4, 0.5) is 0 Å². The minimum atomic E-state index is 0.264. The lowest BCUT2D eigenvalue weighted by Gasteiger charge is -2.07. The molecule has 0 aromatic heterocycles. The van der Waals surface area contributed by atoms with E-state index in [4.69, 9.17) is 30.1 Å². The molecule has 0 atom stereocenters. The topological polar surface area (TPSA) is 72.5 Å². The molecule has 0 aliphatic rings. The molecule has 7 nitrogen and oxygen atoms in total. The highest BCUT2D eigenvalue weighted by molar-refractivity contribution is 5.36. The van der Waals surface area contributed by atoms with Crippen molar-refractivity contribution >= 4 is 6.47 Å². The van der Waals surface area contributed by atoms with E-state index in [1.807, 2.05) is 0 Å². The lowest BCUT2D eigenvalue weighted by atomic mass is 10.7. The maximum Gasteiger partial charge on any atom is 0.293 e. The molecule has 0 spiro atoms. The molecule has 0 aliphatic heterocycles. The summed E-state index contributed by atoms with van der Waals surface area (Å²) in [5.41, 5.74) is 0. The van der Waals surface area contributed by atoms with Gasteiger partial charge in [0.15, 0.2) is 0 Å². The van der Waals surface area contributed by atoms with Gasteiger partial charge in [-0.3, -0.25) is 4.79 Å². The second-order valence-corrected chi connectivity index (χ2v) is 3.67. The van der Waals surface area contributed by atoms with E-state index in [2.05, 4.69) is 10.7 Å². The first-order chi connectivity index (χ1) is 10.4. The molecule has 0 rings (SSSR count). The maximum absolute atomic E-state index is 9.83. The van der Waals surface area contributed by atoms with Crippen molar-refractivity contribution < 1.29 is 33.2 Å². The van der Waals surface area contributed by atoms with Crippen LogP contribution < -0.4 is 0 Å². The van der Waals surface area contributed by atoms with Crippen molar-refractivity contribution in [2.45, 2.75) is 0 Å². The van der Waals surface area contributed by atoms with Crippen molar-refractivity contribution in [3.8, 4) is 12.3 Å². The predicted molar refractivity (Wildman–Crippen MR) is 74.9 cm³/mol. The van der Waals surface area contributed by atoms with E-state index >= 15 is 0 Å². The SMILES string of the molecule is C#CCOCCOCCOCCOCCOCCOC=O. The zero-order chi connectivity index (χ0) is 15.4. The summed E-state index contributed by atoms with van der Waals surface area (Å²) in [6.07, 6.45) is 5.02. The standard InChI is InChI=1S/C14H24O7/c1-2-3-16-4-5-17-6-7-18-8-9-19-10-11-20-12-13-21-14-15/h1,14H,3-13H2. The molecular formula is C14H24O7. The van der Waals surface area contributed by atoms with Gasteiger partial charge in [-0.2, -0.15) is 0 Å². The first-order valence-electron chi connectivity index (χ1n) is 6.79. The van der Waals surface area contributed by atoms with Gasteiger partial charge in [-0.05, 0) is 0 Å². The Morgan fingerprint density at radius 3 is 1.43 bits per heavy atom. The predicted octanol–water partition coefficient (Wildman–Crippen LogP) is -0.124. The third kappa shape index (κ3) is 18.8. The Kier molecular flexibility index (Phi) is 17.8. The minimum Gasteiger partial charge on any atom is -0.465 e. The summed E-state index contributed by atoms with van der Waals surface area (Å²) >= 11 is 0. The summed E-state index contributed by atoms with van der Waals surface area (Å²) in [7, 11) is 0. The summed E-state index contributed by atoms with van der Waals surface area (Å²) in [4.78, 5) is 9.83. The highest BCUT2D eigenvalue weighted by Gasteiger charge is 1.93. The smallest absolute Gasteiger partial charge is 0.293 e. The fourth-order valence-corrected chi connectivity index (χ4v) is 1.17. The van der Waals surface area contributed by atoms with Gasteiger partial charge in [0.05, 0.1) is 59.5 Å². The molecule has 0 aromatic rings. The van der Waals surface area contributed by atoms with Crippen molar-refractivity contribution in [2.24, 2.45) is 0 Å². The molecule has 0 N–H and O–H groups in total. The summed E-state index contributed by atoms with van der Waals surface area (Å²) in [6, 6.07) is 0. The molecule has 0 heterocycles. The number of hydrogen-bond acceptors (Lipinski definition) is 7. The Morgan fingerprint density at radius 2 is 1.05 bits per heavy atom. The lowest BCUT2D eigenvalue weighted by molar-refractivity contribution is -0.130. The number of rotatable bonds is 17. The van der Waals surface area contributed by atoms with Crippen LogP contribution in [0.25, 0.3) is 0 Å². The minimum absolute atomic E-state index is 0.264. The second kappa shape index (κ2) is 18.8. The highest BCUT2D eigenvalue weighted by atomic mass is 16.6. The average Bonchev–Trinajstić information content (AvgIpc) is 2.50. The zero-order valence-electron chi connectivity index (χ0n) is 12.3. The van der Waals surface area contributed by atoms with Crippen LogP contribution >= 0.6 is 0 Å². The molecule has 0 radical (unpaired) electrons. The van der Waals surface area contributed by atoms with Crippen LogP contribution in [-0.4, -0.2) is 79.1 Å². The second-order valence-electron chi connectivity index (χ2n) is 3.67. The molecule has 0 fully saturated rings. The fraction of sp³-hybridized carbons (Fsp3) is 0.786. The summed E-state index contributed by atoms with van der Waals surface area (Å²) in [5.74, 6) is 2.37. The molecule has 7 heteroatoms. The molecule has 21 heavy (non-hydrogen) atoms. The number of terminal acetylenes is 1. The Bertz CT molecular complexity index is 252. The quantitative estimate of drug-likeness (QED) is 0.211. The van der Waals surface area contributed by atoms with Crippen molar-refractivity contribution in [2.75, 3.05) is 72.7 Å². The van der Waals surface area contributed by atoms with Crippen molar-refractivity contribution in [3.05, 3.63) is 0 Å². The third-order valence-corrected chi connectivity index (χ3v) is 2.09. The van der Waals surface area contributed by atoms with Gasteiger partial charge in [0, 0.05) is 0 Å². The molecule has 122 valence electrons. The van der Waals surface area contributed by atoms with Crippen LogP contribution in [0.3, 0.4) is 0 Å². The molecule has 0 aliphatic carbocycles. The molecule has 0 saturated carbocycles. The van der Waals surface area contributed by atoms with E-state index in [0.29, 0.717) is 72.5 Å². The van der Waals surface area contributed by atoms with Gasteiger partial charge < -0.3 is 28.4 Å². The first-order valence-corrected chi connectivity index (χ1v) is 6.79. The molecule has 0 amide bonds. The Morgan fingerprint density at radius 1 is 0.667 bits per heavy atom. The molecule has 0 unspecified atom stereocenters. The number of hydrogen-bond donors (Lipinski definition) is 0. The number of carbonyl (C=O) groups is 1. The number of carbonyl (C=O) groups excluding carboxylic acids is 1. The largest absolute Gasteiger partial charge is 0.465 e. The normalized spacial score (nSPS) is 10.2. The maximum atomic E-state index is 9.83. The first kappa shape index (κ1) is 19.8. The third-order valence-electron chi connectivity index (χ3n) is 2.09. The van der Waals surface area contributed by atoms with Crippen molar-refractivity contribution in [3.63, 3.8) is 0 Å². The van der Waals surface area contributed by atoms with Gasteiger partial charge in [-0.1, -0.05) is 5.92 Å². The van der Waals surface area contributed by atoms with Crippen LogP contribution in [0.15, 0.2) is 0 Å². The van der Waals surface area contributed by atoms with Gasteiger partial charge in [0.25, 0.3) is 6.47 Å². The van der Waals surface area contributed by atoms with Gasteiger partial charge in [0.2, 0.25) is 0 Å². The molecular weight excluding hydrogens is 280 g/mol. The van der Waals surface area contributed by atoms with Crippen LogP contribution in [0, 0.1) is 12.3 Å². The van der Waals surface area contributed by atoms with Crippen LogP contribution in [0.2, 0.25) is 0 Å². The van der Waals surface area contributed by atoms with Crippen LogP contribution in [0.1, 0.15) is 0 Å². The van der Waals surface area contributed by atoms with Gasteiger partial charge >= 0.3 is 0 Å². The monoisotopic (exact) mass is 304 g/mol.